The second-order valence-electron chi connectivity index (χ2n) is 5.41. The average molecular weight is 236 g/mol. The number of β-amino-alcohol motifs (C(OH)–C–C–N with tert-alkyl or cyclic N) is 1. The largest absolute Gasteiger partial charge is 0.391 e. The van der Waals surface area contributed by atoms with E-state index >= 15 is 0 Å². The van der Waals surface area contributed by atoms with Crippen molar-refractivity contribution in [2.75, 3.05) is 6.54 Å². The van der Waals surface area contributed by atoms with Crippen LogP contribution < -0.4 is 0 Å². The van der Waals surface area contributed by atoms with Gasteiger partial charge in [0.25, 0.3) is 0 Å². The number of likely N-dealkylation sites (tertiary alicyclic amines) is 1. The summed E-state index contributed by atoms with van der Waals surface area (Å²) in [7, 11) is 0. The van der Waals surface area contributed by atoms with E-state index in [0.717, 1.165) is 18.4 Å². The van der Waals surface area contributed by atoms with Crippen molar-refractivity contribution in [3.05, 3.63) is 24.0 Å². The molecule has 0 radical (unpaired) electrons. The molecule has 2 N–H and O–H groups in total. The number of piperidine rings is 1. The molecule has 1 aliphatic rings. The zero-order chi connectivity index (χ0) is 12.5. The van der Waals surface area contributed by atoms with Crippen LogP contribution in [0.1, 0.15) is 32.3 Å². The van der Waals surface area contributed by atoms with Gasteiger partial charge in [-0.2, -0.15) is 0 Å². The van der Waals surface area contributed by atoms with Crippen LogP contribution in [-0.2, 0) is 11.2 Å². The molecule has 2 rings (SSSR count). The Balaban J connectivity index is 2.06. The van der Waals surface area contributed by atoms with Gasteiger partial charge in [-0.15, -0.1) is 0 Å². The summed E-state index contributed by atoms with van der Waals surface area (Å²) in [4.78, 5) is 17.0. The highest BCUT2D eigenvalue weighted by Gasteiger charge is 2.36. The van der Waals surface area contributed by atoms with Crippen molar-refractivity contribution in [2.24, 2.45) is 0 Å². The van der Waals surface area contributed by atoms with Gasteiger partial charge in [-0.25, -0.2) is 0 Å². The van der Waals surface area contributed by atoms with Crippen molar-refractivity contribution in [1.82, 2.24) is 9.88 Å². The molecule has 1 amide bonds. The zero-order valence-corrected chi connectivity index (χ0v) is 10.4. The Morgan fingerprint density at radius 2 is 2.41 bits per heavy atom. The Morgan fingerprint density at radius 3 is 3.06 bits per heavy atom. The van der Waals surface area contributed by atoms with Gasteiger partial charge in [-0.1, -0.05) is 0 Å². The van der Waals surface area contributed by atoms with Gasteiger partial charge in [0.2, 0.25) is 5.91 Å². The number of carbonyl (C=O) groups is 1. The molecule has 17 heavy (non-hydrogen) atoms. The van der Waals surface area contributed by atoms with Gasteiger partial charge in [-0.3, -0.25) is 4.79 Å². The molecule has 2 heterocycles. The van der Waals surface area contributed by atoms with Gasteiger partial charge < -0.3 is 15.0 Å². The lowest BCUT2D eigenvalue weighted by molar-refractivity contribution is -0.141. The van der Waals surface area contributed by atoms with E-state index in [1.807, 2.05) is 23.4 Å². The Hall–Kier alpha value is -1.29. The van der Waals surface area contributed by atoms with E-state index in [4.69, 9.17) is 0 Å². The molecule has 1 atom stereocenters. The molecule has 1 fully saturated rings. The minimum Gasteiger partial charge on any atom is -0.391 e. The van der Waals surface area contributed by atoms with Crippen molar-refractivity contribution in [3.63, 3.8) is 0 Å². The van der Waals surface area contributed by atoms with E-state index in [2.05, 4.69) is 18.8 Å². The summed E-state index contributed by atoms with van der Waals surface area (Å²) in [6.07, 6.45) is 5.32. The maximum Gasteiger partial charge on any atom is 0.227 e. The Bertz CT molecular complexity index is 384. The molecule has 0 saturated carbocycles. The van der Waals surface area contributed by atoms with Crippen LogP contribution in [0.4, 0.5) is 0 Å². The molecular formula is C13H20N2O2. The van der Waals surface area contributed by atoms with Crippen LogP contribution in [0, 0.1) is 0 Å². The number of aromatic amines is 1. The smallest absolute Gasteiger partial charge is 0.227 e. The lowest BCUT2D eigenvalue weighted by Gasteiger charge is -2.44. The fourth-order valence-electron chi connectivity index (χ4n) is 2.38. The minimum atomic E-state index is -0.377. The third kappa shape index (κ3) is 2.69. The molecule has 0 aromatic carbocycles. The van der Waals surface area contributed by atoms with Crippen LogP contribution in [-0.4, -0.2) is 39.1 Å². The number of amides is 1. The van der Waals surface area contributed by atoms with E-state index in [1.165, 1.54) is 0 Å². The highest BCUT2D eigenvalue weighted by atomic mass is 16.3. The minimum absolute atomic E-state index is 0.0911. The van der Waals surface area contributed by atoms with Gasteiger partial charge in [0.05, 0.1) is 12.5 Å². The summed E-state index contributed by atoms with van der Waals surface area (Å²) < 4.78 is 0. The predicted molar refractivity (Wildman–Crippen MR) is 65.5 cm³/mol. The zero-order valence-electron chi connectivity index (χ0n) is 10.4. The van der Waals surface area contributed by atoms with Crippen LogP contribution >= 0.6 is 0 Å². The van der Waals surface area contributed by atoms with Gasteiger partial charge >= 0.3 is 0 Å². The number of aliphatic hydroxyl groups is 1. The first-order valence-electron chi connectivity index (χ1n) is 6.09. The summed E-state index contributed by atoms with van der Waals surface area (Å²) in [5, 5.41) is 9.69. The standard InChI is InChI=1S/C13H20N2O2/c1-13(2)5-3-11(16)9-15(13)12(17)7-10-4-6-14-8-10/h4,6,8,11,14,16H,3,5,7,9H2,1-2H3. The highest BCUT2D eigenvalue weighted by molar-refractivity contribution is 5.79. The highest BCUT2D eigenvalue weighted by Crippen LogP contribution is 2.28. The number of nitrogens with zero attached hydrogens (tertiary/aromatic N) is 1. The van der Waals surface area contributed by atoms with E-state index in [-0.39, 0.29) is 17.6 Å². The number of rotatable bonds is 2. The van der Waals surface area contributed by atoms with Crippen molar-refractivity contribution >= 4 is 5.91 Å². The fraction of sp³-hybridized carbons (Fsp3) is 0.615. The monoisotopic (exact) mass is 236 g/mol. The molecule has 94 valence electrons. The average Bonchev–Trinajstić information content (AvgIpc) is 2.74. The molecule has 0 spiro atoms. The summed E-state index contributed by atoms with van der Waals surface area (Å²) in [6.45, 7) is 4.58. The molecule has 0 bridgehead atoms. The lowest BCUT2D eigenvalue weighted by Crippen LogP contribution is -2.55. The van der Waals surface area contributed by atoms with Crippen molar-refractivity contribution < 1.29 is 9.90 Å². The molecule has 4 nitrogen and oxygen atoms in total. The Kier molecular flexibility index (Phi) is 3.24. The summed E-state index contributed by atoms with van der Waals surface area (Å²) in [5.74, 6) is 0.0911. The van der Waals surface area contributed by atoms with Crippen molar-refractivity contribution in [3.8, 4) is 0 Å². The summed E-state index contributed by atoms with van der Waals surface area (Å²) in [6, 6.07) is 1.91. The number of aliphatic hydroxyl groups excluding tert-OH is 1. The number of nitrogens with one attached hydrogen (secondary N) is 1. The first-order chi connectivity index (χ1) is 7.99. The molecule has 1 aliphatic heterocycles. The second-order valence-corrected chi connectivity index (χ2v) is 5.41. The molecule has 1 aromatic rings. The first-order valence-corrected chi connectivity index (χ1v) is 6.09. The van der Waals surface area contributed by atoms with Gasteiger partial charge in [0, 0.05) is 24.5 Å². The van der Waals surface area contributed by atoms with Crippen LogP contribution in [0.2, 0.25) is 0 Å². The van der Waals surface area contributed by atoms with Crippen LogP contribution in [0.25, 0.3) is 0 Å². The van der Waals surface area contributed by atoms with Crippen molar-refractivity contribution in [1.29, 1.82) is 0 Å². The molecule has 0 aliphatic carbocycles. The van der Waals surface area contributed by atoms with E-state index < -0.39 is 0 Å². The lowest BCUT2D eigenvalue weighted by atomic mass is 9.88. The molecule has 1 saturated heterocycles. The molecule has 1 aromatic heterocycles. The normalized spacial score (nSPS) is 23.7. The molecular weight excluding hydrogens is 216 g/mol. The Morgan fingerprint density at radius 1 is 1.65 bits per heavy atom. The first kappa shape index (κ1) is 12.2. The van der Waals surface area contributed by atoms with E-state index in [9.17, 15) is 9.90 Å². The second kappa shape index (κ2) is 4.53. The summed E-state index contributed by atoms with van der Waals surface area (Å²) >= 11 is 0. The predicted octanol–water partition coefficient (Wildman–Crippen LogP) is 1.32. The van der Waals surface area contributed by atoms with Crippen LogP contribution in [0.15, 0.2) is 18.5 Å². The van der Waals surface area contributed by atoms with Gasteiger partial charge in [0.15, 0.2) is 0 Å². The SMILES string of the molecule is CC1(C)CCC(O)CN1C(=O)Cc1cc[nH]c1. The molecule has 4 heteroatoms. The van der Waals surface area contributed by atoms with Crippen molar-refractivity contribution in [2.45, 2.75) is 44.8 Å². The number of carbonyl (C=O) groups excluding carboxylic acids is 1. The number of H-pyrrole nitrogens is 1. The topological polar surface area (TPSA) is 56.3 Å². The number of aromatic nitrogens is 1. The van der Waals surface area contributed by atoms with Gasteiger partial charge in [-0.05, 0) is 38.3 Å². The fourth-order valence-corrected chi connectivity index (χ4v) is 2.38. The van der Waals surface area contributed by atoms with E-state index in [0.29, 0.717) is 13.0 Å². The number of hydrogen-bond donors (Lipinski definition) is 2. The maximum atomic E-state index is 12.2. The van der Waals surface area contributed by atoms with Crippen LogP contribution in [0.3, 0.4) is 0 Å². The Labute approximate surface area is 102 Å². The number of hydrogen-bond acceptors (Lipinski definition) is 2. The third-order valence-corrected chi connectivity index (χ3v) is 3.53. The van der Waals surface area contributed by atoms with Crippen LogP contribution in [0.5, 0.6) is 0 Å². The third-order valence-electron chi connectivity index (χ3n) is 3.53. The maximum absolute atomic E-state index is 12.2. The van der Waals surface area contributed by atoms with E-state index in [1.54, 1.807) is 0 Å². The quantitative estimate of drug-likeness (QED) is 0.813. The molecule has 1 unspecified atom stereocenters. The summed E-state index contributed by atoms with van der Waals surface area (Å²) in [5.41, 5.74) is 0.845. The van der Waals surface area contributed by atoms with Gasteiger partial charge in [0.1, 0.15) is 0 Å².